The summed E-state index contributed by atoms with van der Waals surface area (Å²) in [4.78, 5) is 4.40. The molecule has 0 saturated carbocycles. The number of imidazole rings is 1. The molecular formula is C14H12ClN3. The summed E-state index contributed by atoms with van der Waals surface area (Å²) >= 11 is 6.13. The van der Waals surface area contributed by atoms with Gasteiger partial charge in [-0.25, -0.2) is 4.98 Å². The monoisotopic (exact) mass is 257 g/mol. The number of nitrogens with zero attached hydrogens (tertiary/aromatic N) is 2. The van der Waals surface area contributed by atoms with Crippen LogP contribution in [0.15, 0.2) is 48.7 Å². The third-order valence-corrected chi connectivity index (χ3v) is 3.18. The van der Waals surface area contributed by atoms with E-state index >= 15 is 0 Å². The molecule has 0 amide bonds. The van der Waals surface area contributed by atoms with Gasteiger partial charge in [0.15, 0.2) is 5.15 Å². The van der Waals surface area contributed by atoms with Gasteiger partial charge in [0, 0.05) is 18.3 Å². The van der Waals surface area contributed by atoms with Crippen molar-refractivity contribution in [3.05, 3.63) is 65.2 Å². The highest BCUT2D eigenvalue weighted by Crippen LogP contribution is 2.21. The first-order chi connectivity index (χ1) is 8.74. The van der Waals surface area contributed by atoms with Crippen molar-refractivity contribution in [3.8, 4) is 0 Å². The van der Waals surface area contributed by atoms with Crippen LogP contribution in [-0.4, -0.2) is 9.38 Å². The summed E-state index contributed by atoms with van der Waals surface area (Å²) < 4.78 is 1.98. The third kappa shape index (κ3) is 1.93. The van der Waals surface area contributed by atoms with Gasteiger partial charge in [0.25, 0.3) is 0 Å². The van der Waals surface area contributed by atoms with Crippen LogP contribution in [0.5, 0.6) is 0 Å². The van der Waals surface area contributed by atoms with Gasteiger partial charge >= 0.3 is 0 Å². The highest BCUT2D eigenvalue weighted by Gasteiger charge is 2.09. The van der Waals surface area contributed by atoms with Crippen molar-refractivity contribution in [2.45, 2.75) is 6.42 Å². The predicted octanol–water partition coefficient (Wildman–Crippen LogP) is 3.16. The van der Waals surface area contributed by atoms with E-state index in [1.165, 1.54) is 5.56 Å². The van der Waals surface area contributed by atoms with Crippen LogP contribution in [0.3, 0.4) is 0 Å². The van der Waals surface area contributed by atoms with Gasteiger partial charge in [-0.15, -0.1) is 0 Å². The van der Waals surface area contributed by atoms with Crippen LogP contribution in [0, 0.1) is 0 Å². The smallest absolute Gasteiger partial charge is 0.155 e. The van der Waals surface area contributed by atoms with Gasteiger partial charge in [0.2, 0.25) is 0 Å². The van der Waals surface area contributed by atoms with Crippen molar-refractivity contribution in [2.24, 2.45) is 0 Å². The number of pyridine rings is 1. The molecule has 0 aliphatic carbocycles. The summed E-state index contributed by atoms with van der Waals surface area (Å²) in [7, 11) is 0. The first-order valence-corrected chi connectivity index (χ1v) is 6.08. The summed E-state index contributed by atoms with van der Waals surface area (Å²) in [5, 5.41) is 0.494. The van der Waals surface area contributed by atoms with Crippen LogP contribution in [-0.2, 0) is 6.42 Å². The molecule has 2 heterocycles. The van der Waals surface area contributed by atoms with Gasteiger partial charge in [-0.1, -0.05) is 41.9 Å². The fraction of sp³-hybridized carbons (Fsp3) is 0.0714. The molecule has 3 nitrogen and oxygen atoms in total. The molecule has 0 unspecified atom stereocenters. The molecule has 4 heteroatoms. The Hall–Kier alpha value is -2.00. The van der Waals surface area contributed by atoms with E-state index in [4.69, 9.17) is 17.3 Å². The molecule has 3 aromatic rings. The minimum atomic E-state index is 0.494. The molecule has 1 aromatic carbocycles. The van der Waals surface area contributed by atoms with Crippen LogP contribution < -0.4 is 5.73 Å². The third-order valence-electron chi connectivity index (χ3n) is 2.90. The van der Waals surface area contributed by atoms with E-state index in [1.54, 1.807) is 0 Å². The van der Waals surface area contributed by atoms with E-state index in [0.717, 1.165) is 17.8 Å². The largest absolute Gasteiger partial charge is 0.399 e. The van der Waals surface area contributed by atoms with Gasteiger partial charge in [-0.3, -0.25) is 0 Å². The van der Waals surface area contributed by atoms with Crippen molar-refractivity contribution >= 4 is 22.8 Å². The number of benzene rings is 1. The van der Waals surface area contributed by atoms with E-state index in [9.17, 15) is 0 Å². The van der Waals surface area contributed by atoms with Crippen molar-refractivity contribution in [2.75, 3.05) is 5.73 Å². The Morgan fingerprint density at radius 3 is 2.72 bits per heavy atom. The second-order valence-electron chi connectivity index (χ2n) is 4.20. The standard InChI is InChI=1S/C14H12ClN3/c15-14-12-9-11(16)6-7-18(12)13(17-14)8-10-4-2-1-3-5-10/h1-7,9H,8,16H2. The van der Waals surface area contributed by atoms with E-state index < -0.39 is 0 Å². The lowest BCUT2D eigenvalue weighted by molar-refractivity contribution is 0.962. The minimum Gasteiger partial charge on any atom is -0.399 e. The van der Waals surface area contributed by atoms with Gasteiger partial charge in [-0.2, -0.15) is 0 Å². The molecule has 0 radical (unpaired) electrons. The number of hydrogen-bond donors (Lipinski definition) is 1. The SMILES string of the molecule is Nc1ccn2c(Cc3ccccc3)nc(Cl)c2c1. The highest BCUT2D eigenvalue weighted by atomic mass is 35.5. The van der Waals surface area contributed by atoms with Crippen molar-refractivity contribution in [1.29, 1.82) is 0 Å². The molecule has 0 spiro atoms. The zero-order chi connectivity index (χ0) is 12.5. The van der Waals surface area contributed by atoms with Crippen LogP contribution in [0.1, 0.15) is 11.4 Å². The number of aromatic nitrogens is 2. The maximum Gasteiger partial charge on any atom is 0.155 e. The molecule has 2 aromatic heterocycles. The Balaban J connectivity index is 2.08. The molecule has 2 N–H and O–H groups in total. The van der Waals surface area contributed by atoms with Gasteiger partial charge in [0.05, 0.1) is 5.52 Å². The molecular weight excluding hydrogens is 246 g/mol. The molecule has 0 aliphatic heterocycles. The lowest BCUT2D eigenvalue weighted by Gasteiger charge is -2.02. The van der Waals surface area contributed by atoms with E-state index in [2.05, 4.69) is 17.1 Å². The van der Waals surface area contributed by atoms with Crippen molar-refractivity contribution in [3.63, 3.8) is 0 Å². The Kier molecular flexibility index (Phi) is 2.68. The number of nitrogens with two attached hydrogens (primary N) is 1. The molecule has 3 rings (SSSR count). The first-order valence-electron chi connectivity index (χ1n) is 5.70. The first kappa shape index (κ1) is 11.1. The molecule has 0 fully saturated rings. The summed E-state index contributed by atoms with van der Waals surface area (Å²) in [5.41, 5.74) is 8.50. The number of fused-ring (bicyclic) bond motifs is 1. The molecule has 90 valence electrons. The maximum atomic E-state index is 6.13. The van der Waals surface area contributed by atoms with E-state index in [0.29, 0.717) is 10.8 Å². The summed E-state index contributed by atoms with van der Waals surface area (Å²) in [6.45, 7) is 0. The van der Waals surface area contributed by atoms with E-state index in [1.807, 2.05) is 40.9 Å². The van der Waals surface area contributed by atoms with Crippen LogP contribution in [0.4, 0.5) is 5.69 Å². The fourth-order valence-electron chi connectivity index (χ4n) is 2.03. The van der Waals surface area contributed by atoms with Crippen LogP contribution in [0.2, 0.25) is 5.15 Å². The topological polar surface area (TPSA) is 43.3 Å². The molecule has 0 saturated heterocycles. The number of hydrogen-bond acceptors (Lipinski definition) is 2. The Labute approximate surface area is 110 Å². The second-order valence-corrected chi connectivity index (χ2v) is 4.55. The van der Waals surface area contributed by atoms with Crippen LogP contribution in [0.25, 0.3) is 5.52 Å². The maximum absolute atomic E-state index is 6.13. The predicted molar refractivity (Wildman–Crippen MR) is 73.9 cm³/mol. The van der Waals surface area contributed by atoms with Crippen molar-refractivity contribution < 1.29 is 0 Å². The second kappa shape index (κ2) is 4.35. The van der Waals surface area contributed by atoms with Gasteiger partial charge in [0.1, 0.15) is 5.82 Å². The summed E-state index contributed by atoms with van der Waals surface area (Å²) in [6.07, 6.45) is 2.65. The summed E-state index contributed by atoms with van der Waals surface area (Å²) in [5.74, 6) is 0.918. The van der Waals surface area contributed by atoms with Crippen molar-refractivity contribution in [1.82, 2.24) is 9.38 Å². The van der Waals surface area contributed by atoms with Gasteiger partial charge in [-0.05, 0) is 17.7 Å². The average Bonchev–Trinajstić information content (AvgIpc) is 2.67. The Morgan fingerprint density at radius 1 is 1.17 bits per heavy atom. The fourth-order valence-corrected chi connectivity index (χ4v) is 2.27. The van der Waals surface area contributed by atoms with Gasteiger partial charge < -0.3 is 10.1 Å². The van der Waals surface area contributed by atoms with Crippen LogP contribution >= 0.6 is 11.6 Å². The number of anilines is 1. The number of halogens is 1. The Morgan fingerprint density at radius 2 is 1.94 bits per heavy atom. The molecule has 0 atom stereocenters. The lowest BCUT2D eigenvalue weighted by atomic mass is 10.1. The zero-order valence-electron chi connectivity index (χ0n) is 9.68. The minimum absolute atomic E-state index is 0.494. The normalized spacial score (nSPS) is 10.9. The van der Waals surface area contributed by atoms with E-state index in [-0.39, 0.29) is 0 Å². The quantitative estimate of drug-likeness (QED) is 0.766. The highest BCUT2D eigenvalue weighted by molar-refractivity contribution is 6.32. The lowest BCUT2D eigenvalue weighted by Crippen LogP contribution is -1.96. The number of rotatable bonds is 2. The Bertz CT molecular complexity index is 689. The average molecular weight is 258 g/mol. The molecule has 0 bridgehead atoms. The zero-order valence-corrected chi connectivity index (χ0v) is 10.4. The summed E-state index contributed by atoms with van der Waals surface area (Å²) in [6, 6.07) is 13.9. The number of nitrogen functional groups attached to an aromatic ring is 1. The molecule has 18 heavy (non-hydrogen) atoms. The molecule has 0 aliphatic rings.